The Balaban J connectivity index is 2.33. The van der Waals surface area contributed by atoms with Crippen molar-refractivity contribution >= 4 is 26.8 Å². The molecular formula is C17H11BrN2. The van der Waals surface area contributed by atoms with E-state index < -0.39 is 0 Å². The molecule has 0 saturated heterocycles. The van der Waals surface area contributed by atoms with Crippen molar-refractivity contribution in [3.8, 4) is 17.2 Å². The van der Waals surface area contributed by atoms with Crippen LogP contribution in [0.25, 0.3) is 22.0 Å². The molecule has 1 aromatic heterocycles. The third-order valence-electron chi connectivity index (χ3n) is 3.23. The van der Waals surface area contributed by atoms with Crippen LogP contribution in [0.2, 0.25) is 0 Å². The van der Waals surface area contributed by atoms with Gasteiger partial charge in [0.1, 0.15) is 11.8 Å². The van der Waals surface area contributed by atoms with Crippen molar-refractivity contribution in [3.63, 3.8) is 0 Å². The maximum Gasteiger partial charge on any atom is 0.141 e. The molecule has 3 heteroatoms. The summed E-state index contributed by atoms with van der Waals surface area (Å²) in [6.45, 7) is 0. The first-order chi connectivity index (χ1) is 9.81. The smallest absolute Gasteiger partial charge is 0.141 e. The molecule has 96 valence electrons. The minimum absolute atomic E-state index is 0.447. The monoisotopic (exact) mass is 322 g/mol. The van der Waals surface area contributed by atoms with Crippen LogP contribution in [0.1, 0.15) is 11.3 Å². The third kappa shape index (κ3) is 2.31. The molecule has 3 rings (SSSR count). The van der Waals surface area contributed by atoms with Crippen LogP contribution in [-0.2, 0) is 5.33 Å². The van der Waals surface area contributed by atoms with E-state index in [1.165, 1.54) is 0 Å². The van der Waals surface area contributed by atoms with Crippen molar-refractivity contribution in [1.82, 2.24) is 4.98 Å². The third-order valence-corrected chi connectivity index (χ3v) is 3.88. The molecule has 0 amide bonds. The average molecular weight is 323 g/mol. The summed E-state index contributed by atoms with van der Waals surface area (Å²) in [5.74, 6) is 0. The molecule has 0 bridgehead atoms. The van der Waals surface area contributed by atoms with Crippen molar-refractivity contribution in [3.05, 3.63) is 65.9 Å². The number of nitriles is 1. The number of nitrogens with zero attached hydrogens (tertiary/aromatic N) is 2. The van der Waals surface area contributed by atoms with Gasteiger partial charge < -0.3 is 0 Å². The Bertz CT molecular complexity index is 804. The van der Waals surface area contributed by atoms with Gasteiger partial charge in [-0.25, -0.2) is 4.98 Å². The quantitative estimate of drug-likeness (QED) is 0.643. The van der Waals surface area contributed by atoms with Crippen molar-refractivity contribution in [2.45, 2.75) is 5.33 Å². The number of hydrogen-bond acceptors (Lipinski definition) is 2. The highest BCUT2D eigenvalue weighted by atomic mass is 79.9. The number of hydrogen-bond donors (Lipinski definition) is 0. The lowest BCUT2D eigenvalue weighted by molar-refractivity contribution is 1.31. The van der Waals surface area contributed by atoms with E-state index >= 15 is 0 Å². The number of benzene rings is 2. The van der Waals surface area contributed by atoms with E-state index in [0.717, 1.165) is 32.9 Å². The molecule has 0 N–H and O–H groups in total. The van der Waals surface area contributed by atoms with Crippen LogP contribution in [-0.4, -0.2) is 4.98 Å². The molecule has 0 aliphatic carbocycles. The van der Waals surface area contributed by atoms with Crippen LogP contribution >= 0.6 is 15.9 Å². The van der Waals surface area contributed by atoms with Crippen LogP contribution in [0.5, 0.6) is 0 Å². The second kappa shape index (κ2) is 5.44. The summed E-state index contributed by atoms with van der Waals surface area (Å²) in [6, 6.07) is 20.3. The zero-order valence-corrected chi connectivity index (χ0v) is 12.3. The Morgan fingerprint density at radius 2 is 1.85 bits per heavy atom. The Hall–Kier alpha value is -2.18. The number of aromatic nitrogens is 1. The van der Waals surface area contributed by atoms with Gasteiger partial charge in [0, 0.05) is 10.7 Å². The van der Waals surface area contributed by atoms with Gasteiger partial charge in [-0.3, -0.25) is 0 Å². The summed E-state index contributed by atoms with van der Waals surface area (Å²) in [7, 11) is 0. The molecular weight excluding hydrogens is 312 g/mol. The minimum atomic E-state index is 0.447. The van der Waals surface area contributed by atoms with Gasteiger partial charge in [-0.2, -0.15) is 5.26 Å². The number of halogens is 1. The number of rotatable bonds is 2. The topological polar surface area (TPSA) is 36.7 Å². The average Bonchev–Trinajstić information content (AvgIpc) is 2.53. The van der Waals surface area contributed by atoms with E-state index in [1.54, 1.807) is 0 Å². The zero-order valence-electron chi connectivity index (χ0n) is 10.7. The molecule has 0 spiro atoms. The number of fused-ring (bicyclic) bond motifs is 1. The molecule has 1 heterocycles. The van der Waals surface area contributed by atoms with Crippen molar-refractivity contribution < 1.29 is 0 Å². The van der Waals surface area contributed by atoms with Crippen LogP contribution < -0.4 is 0 Å². The second-order valence-corrected chi connectivity index (χ2v) is 5.08. The van der Waals surface area contributed by atoms with E-state index in [-0.39, 0.29) is 0 Å². The van der Waals surface area contributed by atoms with Gasteiger partial charge in [0.05, 0.1) is 5.52 Å². The Kier molecular flexibility index (Phi) is 3.49. The highest BCUT2D eigenvalue weighted by Gasteiger charge is 2.08. The van der Waals surface area contributed by atoms with Gasteiger partial charge in [-0.15, -0.1) is 0 Å². The van der Waals surface area contributed by atoms with Crippen molar-refractivity contribution in [2.75, 3.05) is 0 Å². The van der Waals surface area contributed by atoms with E-state index in [2.05, 4.69) is 39.1 Å². The predicted octanol–water partition coefficient (Wildman–Crippen LogP) is 4.67. The molecule has 2 aromatic carbocycles. The Morgan fingerprint density at radius 3 is 2.55 bits per heavy atom. The van der Waals surface area contributed by atoms with Gasteiger partial charge in [-0.1, -0.05) is 58.4 Å². The van der Waals surface area contributed by atoms with Gasteiger partial charge in [0.2, 0.25) is 0 Å². The molecule has 20 heavy (non-hydrogen) atoms. The summed E-state index contributed by atoms with van der Waals surface area (Å²) in [5, 5.41) is 11.0. The van der Waals surface area contributed by atoms with Gasteiger partial charge in [0.25, 0.3) is 0 Å². The molecule has 3 aromatic rings. The second-order valence-electron chi connectivity index (χ2n) is 4.52. The lowest BCUT2D eigenvalue weighted by Crippen LogP contribution is -1.90. The summed E-state index contributed by atoms with van der Waals surface area (Å²) < 4.78 is 0. The molecule has 0 atom stereocenters. The summed E-state index contributed by atoms with van der Waals surface area (Å²) >= 11 is 3.45. The molecule has 0 radical (unpaired) electrons. The van der Waals surface area contributed by atoms with Crippen LogP contribution in [0.3, 0.4) is 0 Å². The fourth-order valence-corrected chi connectivity index (χ4v) is 2.62. The van der Waals surface area contributed by atoms with E-state index in [9.17, 15) is 5.26 Å². The maximum atomic E-state index is 9.17. The summed E-state index contributed by atoms with van der Waals surface area (Å²) in [5.41, 5.74) is 4.61. The first-order valence-corrected chi connectivity index (χ1v) is 7.39. The first-order valence-electron chi connectivity index (χ1n) is 6.27. The zero-order chi connectivity index (χ0) is 13.9. The van der Waals surface area contributed by atoms with Crippen LogP contribution in [0.15, 0.2) is 54.6 Å². The van der Waals surface area contributed by atoms with Crippen molar-refractivity contribution in [1.29, 1.82) is 5.26 Å². The largest absolute Gasteiger partial charge is 0.237 e. The molecule has 0 aliphatic rings. The molecule has 0 fully saturated rings. The predicted molar refractivity (Wildman–Crippen MR) is 84.5 cm³/mol. The van der Waals surface area contributed by atoms with Crippen LogP contribution in [0, 0.1) is 11.3 Å². The first kappa shape index (κ1) is 12.8. The normalized spacial score (nSPS) is 10.4. The van der Waals surface area contributed by atoms with Crippen molar-refractivity contribution in [2.24, 2.45) is 0 Å². The fraction of sp³-hybridized carbons (Fsp3) is 0.0588. The van der Waals surface area contributed by atoms with Crippen LogP contribution in [0.4, 0.5) is 0 Å². The van der Waals surface area contributed by atoms with Gasteiger partial charge in [-0.05, 0) is 28.8 Å². The summed E-state index contributed by atoms with van der Waals surface area (Å²) in [6.07, 6.45) is 0. The molecule has 0 unspecified atom stereocenters. The Morgan fingerprint density at radius 1 is 1.05 bits per heavy atom. The fourth-order valence-electron chi connectivity index (χ4n) is 2.27. The molecule has 2 nitrogen and oxygen atoms in total. The number of alkyl halides is 1. The van der Waals surface area contributed by atoms with E-state index in [4.69, 9.17) is 0 Å². The standard InChI is InChI=1S/C17H11BrN2/c18-10-12-6-7-15-16(13-4-2-1-3-5-13)9-14(11-19)20-17(15)8-12/h1-9H,10H2. The SMILES string of the molecule is N#Cc1cc(-c2ccccc2)c2ccc(CBr)cc2n1. The highest BCUT2D eigenvalue weighted by molar-refractivity contribution is 9.08. The van der Waals surface area contributed by atoms with E-state index in [0.29, 0.717) is 5.69 Å². The number of pyridine rings is 1. The molecule has 0 saturated carbocycles. The van der Waals surface area contributed by atoms with Gasteiger partial charge in [0.15, 0.2) is 0 Å². The minimum Gasteiger partial charge on any atom is -0.237 e. The van der Waals surface area contributed by atoms with E-state index in [1.807, 2.05) is 42.5 Å². The van der Waals surface area contributed by atoms with Gasteiger partial charge >= 0.3 is 0 Å². The highest BCUT2D eigenvalue weighted by Crippen LogP contribution is 2.29. The lowest BCUT2D eigenvalue weighted by atomic mass is 9.99. The maximum absolute atomic E-state index is 9.17. The molecule has 0 aliphatic heterocycles. The lowest BCUT2D eigenvalue weighted by Gasteiger charge is -2.08. The Labute approximate surface area is 125 Å². The summed E-state index contributed by atoms with van der Waals surface area (Å²) in [4.78, 5) is 4.41.